The molecular weight excluding hydrogens is 286 g/mol. The Bertz CT molecular complexity index is 781. The van der Waals surface area contributed by atoms with Crippen LogP contribution in [0.2, 0.25) is 0 Å². The molecule has 4 nitrogen and oxygen atoms in total. The zero-order chi connectivity index (χ0) is 14.8. The Kier molecular flexibility index (Phi) is 3.68. The van der Waals surface area contributed by atoms with Gasteiger partial charge in [0.2, 0.25) is 0 Å². The Morgan fingerprint density at radius 3 is 2.30 bits per heavy atom. The molecule has 0 saturated heterocycles. The molecular formula is C13H8F2N2O2S. The van der Waals surface area contributed by atoms with Crippen LogP contribution in [0.15, 0.2) is 47.4 Å². The molecule has 0 unspecified atom stereocenters. The average Bonchev–Trinajstić information content (AvgIpc) is 2.39. The summed E-state index contributed by atoms with van der Waals surface area (Å²) >= 11 is 0. The molecule has 2 aromatic carbocycles. The number of sulfonamides is 1. The number of nitrogens with one attached hydrogen (secondary N) is 1. The lowest BCUT2D eigenvalue weighted by atomic mass is 10.2. The maximum absolute atomic E-state index is 13.4. The number of halogens is 2. The molecule has 0 fully saturated rings. The predicted molar refractivity (Wildman–Crippen MR) is 68.3 cm³/mol. The summed E-state index contributed by atoms with van der Waals surface area (Å²) in [5.74, 6) is -1.40. The standard InChI is InChI=1S/C13H8F2N2O2S/c14-9-4-6-10(7-5-9)20(18,19)17-13-3-1-2-12(15)11(13)8-16/h1-7,17H. The van der Waals surface area contributed by atoms with Gasteiger partial charge in [-0.15, -0.1) is 0 Å². The number of hydrogen-bond acceptors (Lipinski definition) is 3. The summed E-state index contributed by atoms with van der Waals surface area (Å²) < 4.78 is 52.3. The van der Waals surface area contributed by atoms with Crippen LogP contribution in [0, 0.1) is 23.0 Å². The van der Waals surface area contributed by atoms with Gasteiger partial charge in [-0.25, -0.2) is 17.2 Å². The van der Waals surface area contributed by atoms with E-state index in [0.29, 0.717) is 0 Å². The van der Waals surface area contributed by atoms with Crippen molar-refractivity contribution >= 4 is 15.7 Å². The predicted octanol–water partition coefficient (Wildman–Crippen LogP) is 2.64. The molecule has 20 heavy (non-hydrogen) atoms. The fraction of sp³-hybridized carbons (Fsp3) is 0. The van der Waals surface area contributed by atoms with Crippen molar-refractivity contribution in [2.45, 2.75) is 4.90 Å². The number of anilines is 1. The Morgan fingerprint density at radius 2 is 1.70 bits per heavy atom. The van der Waals surface area contributed by atoms with Gasteiger partial charge in [0.05, 0.1) is 10.6 Å². The highest BCUT2D eigenvalue weighted by Crippen LogP contribution is 2.21. The highest BCUT2D eigenvalue weighted by atomic mass is 32.2. The molecule has 0 heterocycles. The summed E-state index contributed by atoms with van der Waals surface area (Å²) in [7, 11) is -4.01. The molecule has 0 bridgehead atoms. The van der Waals surface area contributed by atoms with Gasteiger partial charge >= 0.3 is 0 Å². The first-order valence-electron chi connectivity index (χ1n) is 5.41. The van der Waals surface area contributed by atoms with Crippen LogP contribution in [-0.4, -0.2) is 8.42 Å². The lowest BCUT2D eigenvalue weighted by molar-refractivity contribution is 0.599. The molecule has 0 radical (unpaired) electrons. The topological polar surface area (TPSA) is 70.0 Å². The second-order valence-electron chi connectivity index (χ2n) is 3.83. The van der Waals surface area contributed by atoms with Gasteiger partial charge in [0.25, 0.3) is 10.0 Å². The van der Waals surface area contributed by atoms with Crippen LogP contribution in [-0.2, 0) is 10.0 Å². The third-order valence-electron chi connectivity index (χ3n) is 2.49. The van der Waals surface area contributed by atoms with Gasteiger partial charge < -0.3 is 0 Å². The van der Waals surface area contributed by atoms with Crippen molar-refractivity contribution in [1.82, 2.24) is 0 Å². The normalized spacial score (nSPS) is 10.8. The molecule has 0 aliphatic heterocycles. The minimum atomic E-state index is -4.01. The molecule has 102 valence electrons. The second kappa shape index (κ2) is 5.27. The van der Waals surface area contributed by atoms with Gasteiger partial charge in [-0.05, 0) is 36.4 Å². The van der Waals surface area contributed by atoms with E-state index in [1.807, 2.05) is 0 Å². The van der Waals surface area contributed by atoms with Crippen molar-refractivity contribution in [2.24, 2.45) is 0 Å². The zero-order valence-corrected chi connectivity index (χ0v) is 10.8. The zero-order valence-electron chi connectivity index (χ0n) is 9.97. The molecule has 0 atom stereocenters. The first kappa shape index (κ1) is 14.0. The van der Waals surface area contributed by atoms with Crippen LogP contribution < -0.4 is 4.72 Å². The molecule has 1 N–H and O–H groups in total. The molecule has 0 aromatic heterocycles. The van der Waals surface area contributed by atoms with Gasteiger partial charge in [-0.3, -0.25) is 4.72 Å². The molecule has 0 saturated carbocycles. The van der Waals surface area contributed by atoms with Gasteiger partial charge in [0, 0.05) is 0 Å². The number of nitrogens with zero attached hydrogens (tertiary/aromatic N) is 1. The summed E-state index contributed by atoms with van der Waals surface area (Å²) in [5.41, 5.74) is -0.574. The third kappa shape index (κ3) is 2.75. The van der Waals surface area contributed by atoms with E-state index in [4.69, 9.17) is 5.26 Å². The minimum Gasteiger partial charge on any atom is -0.278 e. The molecule has 0 aliphatic carbocycles. The number of hydrogen-bond donors (Lipinski definition) is 1. The van der Waals surface area contributed by atoms with Crippen LogP contribution >= 0.6 is 0 Å². The summed E-state index contributed by atoms with van der Waals surface area (Å²) in [5, 5.41) is 8.83. The van der Waals surface area contributed by atoms with E-state index >= 15 is 0 Å². The monoisotopic (exact) mass is 294 g/mol. The summed E-state index contributed by atoms with van der Waals surface area (Å²) in [6.45, 7) is 0. The van der Waals surface area contributed by atoms with Crippen LogP contribution in [0.4, 0.5) is 14.5 Å². The van der Waals surface area contributed by atoms with E-state index < -0.39 is 27.2 Å². The number of nitriles is 1. The number of benzene rings is 2. The first-order valence-corrected chi connectivity index (χ1v) is 6.89. The lowest BCUT2D eigenvalue weighted by Crippen LogP contribution is -2.14. The Morgan fingerprint density at radius 1 is 1.05 bits per heavy atom. The fourth-order valence-electron chi connectivity index (χ4n) is 1.54. The largest absolute Gasteiger partial charge is 0.278 e. The van der Waals surface area contributed by atoms with Crippen LogP contribution in [0.1, 0.15) is 5.56 Å². The van der Waals surface area contributed by atoms with Crippen LogP contribution in [0.5, 0.6) is 0 Å². The van der Waals surface area contributed by atoms with Crippen molar-refractivity contribution in [3.8, 4) is 6.07 Å². The van der Waals surface area contributed by atoms with E-state index in [0.717, 1.165) is 30.3 Å². The van der Waals surface area contributed by atoms with E-state index in [2.05, 4.69) is 4.72 Å². The minimum absolute atomic E-state index is 0.170. The van der Waals surface area contributed by atoms with E-state index in [1.54, 1.807) is 6.07 Å². The Hall–Kier alpha value is -2.46. The molecule has 0 spiro atoms. The van der Waals surface area contributed by atoms with E-state index in [1.165, 1.54) is 12.1 Å². The molecule has 0 amide bonds. The SMILES string of the molecule is N#Cc1c(F)cccc1NS(=O)(=O)c1ccc(F)cc1. The van der Waals surface area contributed by atoms with Gasteiger partial charge in [0.1, 0.15) is 23.3 Å². The molecule has 0 aliphatic rings. The smallest absolute Gasteiger partial charge is 0.261 e. The quantitative estimate of drug-likeness (QED) is 0.946. The average molecular weight is 294 g/mol. The van der Waals surface area contributed by atoms with Crippen LogP contribution in [0.3, 0.4) is 0 Å². The fourth-order valence-corrected chi connectivity index (χ4v) is 2.61. The van der Waals surface area contributed by atoms with Gasteiger partial charge in [0.15, 0.2) is 0 Å². The second-order valence-corrected chi connectivity index (χ2v) is 5.52. The van der Waals surface area contributed by atoms with Crippen molar-refractivity contribution in [1.29, 1.82) is 5.26 Å². The van der Waals surface area contributed by atoms with Gasteiger partial charge in [-0.1, -0.05) is 6.07 Å². The first-order chi connectivity index (χ1) is 9.44. The van der Waals surface area contributed by atoms with Crippen molar-refractivity contribution in [3.63, 3.8) is 0 Å². The maximum Gasteiger partial charge on any atom is 0.261 e. The molecule has 2 aromatic rings. The van der Waals surface area contributed by atoms with Crippen LogP contribution in [0.25, 0.3) is 0 Å². The summed E-state index contributed by atoms with van der Waals surface area (Å²) in [6.07, 6.45) is 0. The maximum atomic E-state index is 13.4. The van der Waals surface area contributed by atoms with Crippen molar-refractivity contribution in [2.75, 3.05) is 4.72 Å². The van der Waals surface area contributed by atoms with E-state index in [9.17, 15) is 17.2 Å². The van der Waals surface area contributed by atoms with Gasteiger partial charge in [-0.2, -0.15) is 5.26 Å². The number of rotatable bonds is 3. The lowest BCUT2D eigenvalue weighted by Gasteiger charge is -2.09. The third-order valence-corrected chi connectivity index (χ3v) is 3.88. The van der Waals surface area contributed by atoms with Crippen molar-refractivity contribution in [3.05, 3.63) is 59.7 Å². The highest BCUT2D eigenvalue weighted by Gasteiger charge is 2.17. The molecule has 2 rings (SSSR count). The van der Waals surface area contributed by atoms with E-state index in [-0.39, 0.29) is 10.6 Å². The Balaban J connectivity index is 2.42. The van der Waals surface area contributed by atoms with Crippen molar-refractivity contribution < 1.29 is 17.2 Å². The highest BCUT2D eigenvalue weighted by molar-refractivity contribution is 7.92. The Labute approximate surface area is 114 Å². The molecule has 7 heteroatoms. The summed E-state index contributed by atoms with van der Waals surface area (Å²) in [4.78, 5) is -0.188. The summed E-state index contributed by atoms with van der Waals surface area (Å²) in [6, 6.07) is 9.31.